The molecule has 0 bridgehead atoms. The zero-order chi connectivity index (χ0) is 11.4. The minimum atomic E-state index is 0.686. The number of hydrogen-bond acceptors (Lipinski definition) is 2. The van der Waals surface area contributed by atoms with Crippen molar-refractivity contribution in [3.63, 3.8) is 0 Å². The first kappa shape index (κ1) is 11.6. The summed E-state index contributed by atoms with van der Waals surface area (Å²) in [6.45, 7) is 6.74. The lowest BCUT2D eigenvalue weighted by Crippen LogP contribution is -2.26. The van der Waals surface area contributed by atoms with Crippen LogP contribution >= 0.6 is 0 Å². The van der Waals surface area contributed by atoms with Gasteiger partial charge in [-0.25, -0.2) is 4.98 Å². The Balaban J connectivity index is 1.79. The molecule has 1 heterocycles. The smallest absolute Gasteiger partial charge is 0.108 e. The molecule has 90 valence electrons. The largest absolute Gasteiger partial charge is 0.335 e. The molecule has 1 aromatic heterocycles. The Morgan fingerprint density at radius 1 is 1.56 bits per heavy atom. The highest BCUT2D eigenvalue weighted by atomic mass is 15.1. The lowest BCUT2D eigenvalue weighted by atomic mass is 10.1. The van der Waals surface area contributed by atoms with Gasteiger partial charge in [-0.2, -0.15) is 0 Å². The Kier molecular flexibility index (Phi) is 3.99. The van der Waals surface area contributed by atoms with Crippen molar-refractivity contribution < 1.29 is 0 Å². The summed E-state index contributed by atoms with van der Waals surface area (Å²) in [6.07, 6.45) is 9.05. The molecule has 1 unspecified atom stereocenters. The van der Waals surface area contributed by atoms with E-state index in [1.165, 1.54) is 25.1 Å². The van der Waals surface area contributed by atoms with Crippen molar-refractivity contribution in [2.75, 3.05) is 6.54 Å². The summed E-state index contributed by atoms with van der Waals surface area (Å²) in [5.74, 6) is 1.92. The van der Waals surface area contributed by atoms with Crippen molar-refractivity contribution in [1.29, 1.82) is 0 Å². The summed E-state index contributed by atoms with van der Waals surface area (Å²) in [5.41, 5.74) is 0. The number of hydrogen-bond donors (Lipinski definition) is 1. The molecule has 1 atom stereocenters. The van der Waals surface area contributed by atoms with E-state index >= 15 is 0 Å². The maximum atomic E-state index is 4.41. The summed E-state index contributed by atoms with van der Waals surface area (Å²) >= 11 is 0. The first-order chi connectivity index (χ1) is 7.79. The van der Waals surface area contributed by atoms with Crippen LogP contribution in [-0.2, 0) is 13.0 Å². The van der Waals surface area contributed by atoms with E-state index in [-0.39, 0.29) is 0 Å². The normalized spacial score (nSPS) is 17.6. The average molecular weight is 221 g/mol. The average Bonchev–Trinajstić information content (AvgIpc) is 3.00. The van der Waals surface area contributed by atoms with Gasteiger partial charge in [0.25, 0.3) is 0 Å². The van der Waals surface area contributed by atoms with E-state index in [1.807, 2.05) is 6.20 Å². The molecule has 3 nitrogen and oxygen atoms in total. The third kappa shape index (κ3) is 3.34. The fourth-order valence-corrected chi connectivity index (χ4v) is 2.01. The summed E-state index contributed by atoms with van der Waals surface area (Å²) in [4.78, 5) is 4.41. The minimum absolute atomic E-state index is 0.686. The number of aromatic nitrogens is 2. The second-order valence-electron chi connectivity index (χ2n) is 5.03. The molecule has 0 amide bonds. The van der Waals surface area contributed by atoms with Crippen LogP contribution in [0.2, 0.25) is 0 Å². The predicted octanol–water partition coefficient (Wildman–Crippen LogP) is 2.22. The fraction of sp³-hybridized carbons (Fsp3) is 0.769. The van der Waals surface area contributed by atoms with Crippen LogP contribution in [-0.4, -0.2) is 22.1 Å². The highest BCUT2D eigenvalue weighted by Crippen LogP contribution is 2.19. The molecule has 0 aliphatic heterocycles. The summed E-state index contributed by atoms with van der Waals surface area (Å²) in [6, 6.07) is 0.820. The van der Waals surface area contributed by atoms with Crippen molar-refractivity contribution in [1.82, 2.24) is 14.9 Å². The predicted molar refractivity (Wildman–Crippen MR) is 66.4 cm³/mol. The van der Waals surface area contributed by atoms with Crippen LogP contribution < -0.4 is 5.32 Å². The number of nitrogens with one attached hydrogen (secondary N) is 1. The molecule has 16 heavy (non-hydrogen) atoms. The van der Waals surface area contributed by atoms with E-state index in [1.54, 1.807) is 0 Å². The summed E-state index contributed by atoms with van der Waals surface area (Å²) < 4.78 is 2.31. The SMILES string of the molecule is CCCc1nccn1CC(C)CNC1CC1. The fourth-order valence-electron chi connectivity index (χ4n) is 2.01. The quantitative estimate of drug-likeness (QED) is 0.765. The van der Waals surface area contributed by atoms with Gasteiger partial charge in [0, 0.05) is 31.4 Å². The Morgan fingerprint density at radius 2 is 2.38 bits per heavy atom. The maximum absolute atomic E-state index is 4.41. The number of nitrogens with zero attached hydrogens (tertiary/aromatic N) is 2. The van der Waals surface area contributed by atoms with Gasteiger partial charge in [0.1, 0.15) is 5.82 Å². The standard InChI is InChI=1S/C13H23N3/c1-3-4-13-14-7-8-16(13)10-11(2)9-15-12-5-6-12/h7-8,11-12,15H,3-6,9-10H2,1-2H3. The molecule has 2 rings (SSSR count). The van der Waals surface area contributed by atoms with Crippen molar-refractivity contribution in [3.8, 4) is 0 Å². The zero-order valence-electron chi connectivity index (χ0n) is 10.4. The van der Waals surface area contributed by atoms with E-state index in [4.69, 9.17) is 0 Å². The Labute approximate surface area is 98.3 Å². The molecular weight excluding hydrogens is 198 g/mol. The second kappa shape index (κ2) is 5.48. The molecule has 0 radical (unpaired) electrons. The first-order valence-corrected chi connectivity index (χ1v) is 6.53. The van der Waals surface area contributed by atoms with Gasteiger partial charge in [0.2, 0.25) is 0 Å². The minimum Gasteiger partial charge on any atom is -0.335 e. The molecular formula is C13H23N3. The van der Waals surface area contributed by atoms with Crippen LogP contribution in [0.4, 0.5) is 0 Å². The summed E-state index contributed by atoms with van der Waals surface area (Å²) in [7, 11) is 0. The number of rotatable bonds is 7. The number of imidazole rings is 1. The van der Waals surface area contributed by atoms with Gasteiger partial charge >= 0.3 is 0 Å². The molecule has 0 saturated heterocycles. The van der Waals surface area contributed by atoms with Gasteiger partial charge < -0.3 is 9.88 Å². The molecule has 1 aliphatic carbocycles. The monoisotopic (exact) mass is 221 g/mol. The number of aryl methyl sites for hydroxylation is 1. The van der Waals surface area contributed by atoms with Crippen LogP contribution in [0.3, 0.4) is 0 Å². The molecule has 1 aromatic rings. The molecule has 1 N–H and O–H groups in total. The third-order valence-electron chi connectivity index (χ3n) is 3.12. The van der Waals surface area contributed by atoms with Crippen LogP contribution in [0.5, 0.6) is 0 Å². The van der Waals surface area contributed by atoms with Gasteiger partial charge in [0.05, 0.1) is 0 Å². The molecule has 3 heteroatoms. The third-order valence-corrected chi connectivity index (χ3v) is 3.12. The van der Waals surface area contributed by atoms with Gasteiger partial charge in [-0.1, -0.05) is 13.8 Å². The van der Waals surface area contributed by atoms with E-state index in [0.717, 1.165) is 25.6 Å². The highest BCUT2D eigenvalue weighted by molar-refractivity contribution is 4.93. The molecule has 1 saturated carbocycles. The molecule has 1 fully saturated rings. The molecule has 0 spiro atoms. The van der Waals surface area contributed by atoms with E-state index < -0.39 is 0 Å². The van der Waals surface area contributed by atoms with Crippen molar-refractivity contribution in [2.45, 2.75) is 52.1 Å². The lowest BCUT2D eigenvalue weighted by Gasteiger charge is -2.14. The van der Waals surface area contributed by atoms with Gasteiger partial charge in [-0.15, -0.1) is 0 Å². The van der Waals surface area contributed by atoms with Crippen LogP contribution in [0.15, 0.2) is 12.4 Å². The Hall–Kier alpha value is -0.830. The Bertz CT molecular complexity index is 315. The van der Waals surface area contributed by atoms with Crippen LogP contribution in [0, 0.1) is 5.92 Å². The van der Waals surface area contributed by atoms with Crippen LogP contribution in [0.25, 0.3) is 0 Å². The van der Waals surface area contributed by atoms with Crippen LogP contribution in [0.1, 0.15) is 38.9 Å². The molecule has 1 aliphatic rings. The molecule has 0 aromatic carbocycles. The van der Waals surface area contributed by atoms with E-state index in [9.17, 15) is 0 Å². The Morgan fingerprint density at radius 3 is 3.06 bits per heavy atom. The topological polar surface area (TPSA) is 29.9 Å². The lowest BCUT2D eigenvalue weighted by molar-refractivity contribution is 0.435. The maximum Gasteiger partial charge on any atom is 0.108 e. The first-order valence-electron chi connectivity index (χ1n) is 6.53. The highest BCUT2D eigenvalue weighted by Gasteiger charge is 2.20. The second-order valence-corrected chi connectivity index (χ2v) is 5.03. The van der Waals surface area contributed by atoms with Gasteiger partial charge in [0.15, 0.2) is 0 Å². The van der Waals surface area contributed by atoms with E-state index in [2.05, 4.69) is 34.9 Å². The van der Waals surface area contributed by atoms with Crippen molar-refractivity contribution >= 4 is 0 Å². The van der Waals surface area contributed by atoms with E-state index in [0.29, 0.717) is 5.92 Å². The van der Waals surface area contributed by atoms with Crippen molar-refractivity contribution in [2.24, 2.45) is 5.92 Å². The van der Waals surface area contributed by atoms with Gasteiger partial charge in [-0.05, 0) is 31.7 Å². The van der Waals surface area contributed by atoms with Gasteiger partial charge in [-0.3, -0.25) is 0 Å². The van der Waals surface area contributed by atoms with Crippen molar-refractivity contribution in [3.05, 3.63) is 18.2 Å². The zero-order valence-corrected chi connectivity index (χ0v) is 10.4. The summed E-state index contributed by atoms with van der Waals surface area (Å²) in [5, 5.41) is 3.59.